The average molecular weight is 308 g/mol. The molecule has 0 bridgehead atoms. The highest BCUT2D eigenvalue weighted by atomic mass is 16.3. The van der Waals surface area contributed by atoms with Gasteiger partial charge in [0, 0.05) is 32.1 Å². The van der Waals surface area contributed by atoms with E-state index in [1.54, 1.807) is 11.0 Å². The summed E-state index contributed by atoms with van der Waals surface area (Å²) < 4.78 is 4.97. The number of carbonyl (C=O) groups excluding carboxylic acids is 2. The third kappa shape index (κ3) is 5.20. The van der Waals surface area contributed by atoms with Crippen LogP contribution in [0.2, 0.25) is 0 Å². The number of hydrogen-bond acceptors (Lipinski definition) is 3. The number of amides is 2. The summed E-state index contributed by atoms with van der Waals surface area (Å²) in [4.78, 5) is 28.4. The van der Waals surface area contributed by atoms with Gasteiger partial charge in [-0.3, -0.25) is 9.59 Å². The number of hydrogen-bond donors (Lipinski definition) is 0. The van der Waals surface area contributed by atoms with Crippen LogP contribution >= 0.6 is 0 Å². The SMILES string of the molecule is CCCN(CCC)C(=O)CCN(C(=O)c1ccoc1)C(C)C. The molecule has 0 aromatic carbocycles. The van der Waals surface area contributed by atoms with Crippen LogP contribution in [0, 0.1) is 0 Å². The molecule has 1 aromatic heterocycles. The summed E-state index contributed by atoms with van der Waals surface area (Å²) in [5.74, 6) is 0.0310. The Balaban J connectivity index is 2.64. The van der Waals surface area contributed by atoms with Crippen molar-refractivity contribution in [2.75, 3.05) is 19.6 Å². The van der Waals surface area contributed by atoms with E-state index in [9.17, 15) is 9.59 Å². The van der Waals surface area contributed by atoms with E-state index < -0.39 is 0 Å². The number of rotatable bonds is 9. The van der Waals surface area contributed by atoms with Gasteiger partial charge in [0.05, 0.1) is 11.8 Å². The minimum atomic E-state index is -0.0888. The molecular weight excluding hydrogens is 280 g/mol. The van der Waals surface area contributed by atoms with E-state index in [1.807, 2.05) is 18.7 Å². The van der Waals surface area contributed by atoms with Gasteiger partial charge in [-0.1, -0.05) is 13.8 Å². The van der Waals surface area contributed by atoms with E-state index in [0.29, 0.717) is 18.5 Å². The second kappa shape index (κ2) is 9.28. The lowest BCUT2D eigenvalue weighted by atomic mass is 10.2. The third-order valence-corrected chi connectivity index (χ3v) is 3.56. The maximum Gasteiger partial charge on any atom is 0.257 e. The monoisotopic (exact) mass is 308 g/mol. The van der Waals surface area contributed by atoms with Gasteiger partial charge in [0.25, 0.3) is 5.91 Å². The Morgan fingerprint density at radius 3 is 2.23 bits per heavy atom. The van der Waals surface area contributed by atoms with Crippen LogP contribution in [0.25, 0.3) is 0 Å². The van der Waals surface area contributed by atoms with Crippen molar-refractivity contribution in [2.45, 2.75) is 53.0 Å². The van der Waals surface area contributed by atoms with Crippen LogP contribution < -0.4 is 0 Å². The molecule has 0 aliphatic carbocycles. The summed E-state index contributed by atoms with van der Waals surface area (Å²) >= 11 is 0. The molecule has 0 atom stereocenters. The smallest absolute Gasteiger partial charge is 0.257 e. The zero-order chi connectivity index (χ0) is 16.5. The molecule has 1 heterocycles. The minimum Gasteiger partial charge on any atom is -0.472 e. The Morgan fingerprint density at radius 2 is 1.77 bits per heavy atom. The Kier molecular flexibility index (Phi) is 7.71. The fraction of sp³-hybridized carbons (Fsp3) is 0.647. The topological polar surface area (TPSA) is 53.8 Å². The molecule has 2 amide bonds. The maximum atomic E-state index is 12.4. The first kappa shape index (κ1) is 18.3. The Bertz CT molecular complexity index is 448. The van der Waals surface area contributed by atoms with E-state index in [-0.39, 0.29) is 17.9 Å². The summed E-state index contributed by atoms with van der Waals surface area (Å²) in [6, 6.07) is 1.70. The van der Waals surface area contributed by atoms with Crippen molar-refractivity contribution >= 4 is 11.8 Å². The summed E-state index contributed by atoms with van der Waals surface area (Å²) in [6.45, 7) is 10.0. The predicted molar refractivity (Wildman–Crippen MR) is 86.7 cm³/mol. The lowest BCUT2D eigenvalue weighted by molar-refractivity contribution is -0.131. The minimum absolute atomic E-state index is 0.0426. The summed E-state index contributed by atoms with van der Waals surface area (Å²) in [5, 5.41) is 0. The van der Waals surface area contributed by atoms with Crippen LogP contribution in [-0.2, 0) is 4.79 Å². The first-order chi connectivity index (χ1) is 10.5. The van der Waals surface area contributed by atoms with Crippen molar-refractivity contribution in [3.63, 3.8) is 0 Å². The van der Waals surface area contributed by atoms with Crippen LogP contribution in [-0.4, -0.2) is 47.3 Å². The van der Waals surface area contributed by atoms with Crippen molar-refractivity contribution in [3.05, 3.63) is 24.2 Å². The molecule has 0 unspecified atom stereocenters. The van der Waals surface area contributed by atoms with Gasteiger partial charge in [-0.05, 0) is 32.8 Å². The van der Waals surface area contributed by atoms with E-state index >= 15 is 0 Å². The first-order valence-electron chi connectivity index (χ1n) is 8.12. The molecule has 1 rings (SSSR count). The highest BCUT2D eigenvalue weighted by Gasteiger charge is 2.21. The maximum absolute atomic E-state index is 12.4. The molecule has 0 aliphatic rings. The van der Waals surface area contributed by atoms with E-state index in [1.165, 1.54) is 12.5 Å². The molecule has 124 valence electrons. The molecule has 0 radical (unpaired) electrons. The fourth-order valence-corrected chi connectivity index (χ4v) is 2.42. The van der Waals surface area contributed by atoms with Gasteiger partial charge in [-0.25, -0.2) is 0 Å². The first-order valence-corrected chi connectivity index (χ1v) is 8.12. The van der Waals surface area contributed by atoms with Crippen LogP contribution in [0.4, 0.5) is 0 Å². The van der Waals surface area contributed by atoms with Gasteiger partial charge in [0.2, 0.25) is 5.91 Å². The Hall–Kier alpha value is -1.78. The van der Waals surface area contributed by atoms with E-state index in [0.717, 1.165) is 25.9 Å². The second-order valence-corrected chi connectivity index (χ2v) is 5.74. The van der Waals surface area contributed by atoms with Gasteiger partial charge in [-0.15, -0.1) is 0 Å². The number of nitrogens with zero attached hydrogens (tertiary/aromatic N) is 2. The second-order valence-electron chi connectivity index (χ2n) is 5.74. The summed E-state index contributed by atoms with van der Waals surface area (Å²) in [7, 11) is 0. The normalized spacial score (nSPS) is 10.8. The van der Waals surface area contributed by atoms with Crippen LogP contribution in [0.1, 0.15) is 57.3 Å². The Labute approximate surface area is 133 Å². The molecular formula is C17H28N2O3. The highest BCUT2D eigenvalue weighted by Crippen LogP contribution is 2.11. The molecule has 0 fully saturated rings. The van der Waals surface area contributed by atoms with Crippen LogP contribution in [0.5, 0.6) is 0 Å². The van der Waals surface area contributed by atoms with Gasteiger partial charge < -0.3 is 14.2 Å². The van der Waals surface area contributed by atoms with Gasteiger partial charge in [0.1, 0.15) is 6.26 Å². The molecule has 1 aromatic rings. The van der Waals surface area contributed by atoms with Gasteiger partial charge >= 0.3 is 0 Å². The van der Waals surface area contributed by atoms with Crippen molar-refractivity contribution in [2.24, 2.45) is 0 Å². The van der Waals surface area contributed by atoms with Crippen LogP contribution in [0.15, 0.2) is 23.0 Å². The van der Waals surface area contributed by atoms with Crippen molar-refractivity contribution in [3.8, 4) is 0 Å². The van der Waals surface area contributed by atoms with Gasteiger partial charge in [-0.2, -0.15) is 0 Å². The van der Waals surface area contributed by atoms with E-state index in [2.05, 4.69) is 13.8 Å². The molecule has 5 nitrogen and oxygen atoms in total. The fourth-order valence-electron chi connectivity index (χ4n) is 2.42. The van der Waals surface area contributed by atoms with Crippen molar-refractivity contribution in [1.29, 1.82) is 0 Å². The molecule has 5 heteroatoms. The molecule has 22 heavy (non-hydrogen) atoms. The molecule has 0 saturated heterocycles. The largest absolute Gasteiger partial charge is 0.472 e. The lowest BCUT2D eigenvalue weighted by Gasteiger charge is -2.28. The molecule has 0 N–H and O–H groups in total. The highest BCUT2D eigenvalue weighted by molar-refractivity contribution is 5.94. The zero-order valence-corrected chi connectivity index (χ0v) is 14.2. The molecule has 0 aliphatic heterocycles. The summed E-state index contributed by atoms with van der Waals surface area (Å²) in [6.07, 6.45) is 5.20. The third-order valence-electron chi connectivity index (χ3n) is 3.56. The Morgan fingerprint density at radius 1 is 1.14 bits per heavy atom. The van der Waals surface area contributed by atoms with E-state index in [4.69, 9.17) is 4.42 Å². The van der Waals surface area contributed by atoms with Crippen LogP contribution in [0.3, 0.4) is 0 Å². The van der Waals surface area contributed by atoms with Crippen molar-refractivity contribution < 1.29 is 14.0 Å². The lowest BCUT2D eigenvalue weighted by Crippen LogP contribution is -2.41. The standard InChI is InChI=1S/C17H28N2O3/c1-5-9-18(10-6-2)16(20)7-11-19(14(3)4)17(21)15-8-12-22-13-15/h8,12-14H,5-7,9-11H2,1-4H3. The molecule has 0 spiro atoms. The quantitative estimate of drug-likeness (QED) is 0.704. The average Bonchev–Trinajstić information content (AvgIpc) is 3.00. The molecule has 0 saturated carbocycles. The number of carbonyl (C=O) groups is 2. The number of furan rings is 1. The summed E-state index contributed by atoms with van der Waals surface area (Å²) in [5.41, 5.74) is 0.528. The van der Waals surface area contributed by atoms with Gasteiger partial charge in [0.15, 0.2) is 0 Å². The predicted octanol–water partition coefficient (Wildman–Crippen LogP) is 3.17. The van der Waals surface area contributed by atoms with Crippen molar-refractivity contribution in [1.82, 2.24) is 9.80 Å². The zero-order valence-electron chi connectivity index (χ0n) is 14.2.